The van der Waals surface area contributed by atoms with Crippen LogP contribution in [-0.4, -0.2) is 297 Å². The van der Waals surface area contributed by atoms with Crippen molar-refractivity contribution in [1.29, 1.82) is 0 Å². The van der Waals surface area contributed by atoms with Crippen molar-refractivity contribution in [1.82, 2.24) is 16.0 Å². The lowest BCUT2D eigenvalue weighted by molar-refractivity contribution is -0.387. The lowest BCUT2D eigenvalue weighted by Crippen LogP contribution is -2.71. The van der Waals surface area contributed by atoms with Crippen LogP contribution in [0.2, 0.25) is 0 Å². The van der Waals surface area contributed by atoms with Crippen molar-refractivity contribution in [2.24, 2.45) is 0 Å². The number of aliphatic hydroxyl groups is 15. The molecule has 32 heteroatoms. The van der Waals surface area contributed by atoms with Crippen molar-refractivity contribution in [3.8, 4) is 0 Å². The summed E-state index contributed by atoms with van der Waals surface area (Å²) in [5.74, 6) is -7.72. The monoisotopic (exact) mass is 1040 g/mol. The zero-order valence-electron chi connectivity index (χ0n) is 38.1. The quantitative estimate of drug-likeness (QED) is 0.0571. The van der Waals surface area contributed by atoms with E-state index in [0.717, 1.165) is 20.8 Å². The fourth-order valence-corrected chi connectivity index (χ4v) is 8.94. The molecular weight excluding hydrogens is 974 g/mol. The van der Waals surface area contributed by atoms with Gasteiger partial charge in [-0.15, -0.1) is 0 Å². The summed E-state index contributed by atoms with van der Waals surface area (Å²) >= 11 is 0. The van der Waals surface area contributed by atoms with Gasteiger partial charge in [-0.05, 0) is 0 Å². The molecule has 5 heterocycles. The maximum atomic E-state index is 13.0. The Hall–Kier alpha value is -3.08. The standard InChI is InChI=1S/C39H65N3O29/c1-10(48)40-19-13(51)4-39(38(61)62,70-32(19)22(53)14(52)5-43)71-33-25(56)17(8-46)65-37(28(33)59)69-31-21(42-12(3)50)35(64-16(7-45)24(31)55)67-29-18(9-47)66-36(27(58)26(29)57)68-30-20(41-11(2)49)34(60)63-15(6-44)23(30)54/h13-37,43-47,51-60H,4-9H2,1-3H3,(H,40,48)(H,41,49)(H,42,50)(H,61,62)/t13-,14+,15+,16+,17+,18+,19+,20+,21+,22+,23-,24-,25-,26+,27+,28+,29-,30+,31+,32+,33-,34-,35+,36-,37-,39-/m0/s1. The van der Waals surface area contributed by atoms with E-state index in [9.17, 15) is 101 Å². The van der Waals surface area contributed by atoms with Gasteiger partial charge in [0.2, 0.25) is 17.7 Å². The zero-order chi connectivity index (χ0) is 53.0. The molecular formula is C39H65N3O29. The van der Waals surface area contributed by atoms with Gasteiger partial charge in [0.25, 0.3) is 5.79 Å². The second-order valence-electron chi connectivity index (χ2n) is 17.6. The van der Waals surface area contributed by atoms with Gasteiger partial charge in [-0.2, -0.15) is 0 Å². The van der Waals surface area contributed by atoms with Crippen LogP contribution in [0.4, 0.5) is 0 Å². The minimum atomic E-state index is -3.19. The Morgan fingerprint density at radius 3 is 1.49 bits per heavy atom. The van der Waals surface area contributed by atoms with Gasteiger partial charge in [0.15, 0.2) is 25.2 Å². The minimum Gasteiger partial charge on any atom is -0.477 e. The molecule has 0 aliphatic carbocycles. The van der Waals surface area contributed by atoms with Gasteiger partial charge in [0, 0.05) is 27.2 Å². The molecule has 0 spiro atoms. The molecule has 19 N–H and O–H groups in total. The van der Waals surface area contributed by atoms with E-state index in [-0.39, 0.29) is 0 Å². The average Bonchev–Trinajstić information content (AvgIpc) is 3.31. The molecule has 0 aromatic carbocycles. The van der Waals surface area contributed by atoms with Crippen LogP contribution in [0.15, 0.2) is 0 Å². The number of ether oxygens (including phenoxy) is 9. The lowest BCUT2D eigenvalue weighted by atomic mass is 9.88. The van der Waals surface area contributed by atoms with Crippen molar-refractivity contribution in [2.45, 2.75) is 186 Å². The molecule has 5 rings (SSSR count). The van der Waals surface area contributed by atoms with Gasteiger partial charge in [-0.1, -0.05) is 0 Å². The van der Waals surface area contributed by atoms with E-state index >= 15 is 0 Å². The number of hydrogen-bond donors (Lipinski definition) is 19. The van der Waals surface area contributed by atoms with Gasteiger partial charge in [0.1, 0.15) is 116 Å². The molecule has 5 saturated heterocycles. The first kappa shape index (κ1) is 58.8. The van der Waals surface area contributed by atoms with Crippen LogP contribution in [0.3, 0.4) is 0 Å². The highest BCUT2D eigenvalue weighted by Crippen LogP contribution is 2.39. The van der Waals surface area contributed by atoms with E-state index in [4.69, 9.17) is 42.6 Å². The smallest absolute Gasteiger partial charge is 0.364 e. The van der Waals surface area contributed by atoms with Gasteiger partial charge >= 0.3 is 5.97 Å². The van der Waals surface area contributed by atoms with E-state index in [1.807, 2.05) is 0 Å². The SMILES string of the molecule is CC(=O)N[C@@H]1[C@@H](O[C@@H]2O[C@H](CO)[C@H](O[C@H]3O[C@H](CO)[C@H](O)[C@H](O[C@@H]4O[C@H](CO)[C@H](O)[C@H](O[C@]5(C(=O)O)C[C@H](O)[C@@H](NC(C)=O)[C@H]([C@H](O)[C@H](O)CO)O5)[C@H]4O)[C@H]3NC(C)=O)[C@H](O)[C@H]2O)[C@@H](O)[C@@H](CO)O[C@@H]1O. The van der Waals surface area contributed by atoms with Crippen LogP contribution < -0.4 is 16.0 Å². The van der Waals surface area contributed by atoms with Gasteiger partial charge < -0.3 is 140 Å². The molecule has 3 amide bonds. The topological polar surface area (TPSA) is 511 Å². The molecule has 5 aliphatic heterocycles. The van der Waals surface area contributed by atoms with Crippen LogP contribution in [0.1, 0.15) is 27.2 Å². The molecule has 5 fully saturated rings. The summed E-state index contributed by atoms with van der Waals surface area (Å²) in [6.45, 7) is -2.20. The van der Waals surface area contributed by atoms with Gasteiger partial charge in [-0.25, -0.2) is 4.79 Å². The van der Waals surface area contributed by atoms with Crippen LogP contribution in [-0.2, 0) is 61.8 Å². The third-order valence-electron chi connectivity index (χ3n) is 12.5. The first-order chi connectivity index (χ1) is 33.4. The average molecular weight is 1040 g/mol. The number of carboxylic acid groups (broad SMARTS) is 1. The Labute approximate surface area is 402 Å². The summed E-state index contributed by atoms with van der Waals surface area (Å²) in [5, 5.41) is 179. The second-order valence-corrected chi connectivity index (χ2v) is 17.6. The Kier molecular flexibility index (Phi) is 20.7. The molecule has 410 valence electrons. The van der Waals surface area contributed by atoms with E-state index < -0.39 is 222 Å². The molecule has 71 heavy (non-hydrogen) atoms. The summed E-state index contributed by atoms with van der Waals surface area (Å²) in [5.41, 5.74) is 0. The summed E-state index contributed by atoms with van der Waals surface area (Å²) in [7, 11) is 0. The number of amides is 3. The van der Waals surface area contributed by atoms with Crippen molar-refractivity contribution in [3.63, 3.8) is 0 Å². The minimum absolute atomic E-state index is 0.737. The molecule has 32 nitrogen and oxygen atoms in total. The van der Waals surface area contributed by atoms with E-state index in [2.05, 4.69) is 16.0 Å². The Bertz CT molecular complexity index is 1770. The molecule has 0 saturated carbocycles. The highest BCUT2D eigenvalue weighted by atomic mass is 16.8. The first-order valence-electron chi connectivity index (χ1n) is 22.2. The van der Waals surface area contributed by atoms with E-state index in [0.29, 0.717) is 0 Å². The van der Waals surface area contributed by atoms with Crippen LogP contribution >= 0.6 is 0 Å². The zero-order valence-corrected chi connectivity index (χ0v) is 38.1. The number of aliphatic hydroxyl groups excluding tert-OH is 15. The number of nitrogens with one attached hydrogen (secondary N) is 3. The Balaban J connectivity index is 1.43. The lowest BCUT2D eigenvalue weighted by Gasteiger charge is -2.51. The first-order valence-corrected chi connectivity index (χ1v) is 22.2. The number of carbonyl (C=O) groups is 4. The van der Waals surface area contributed by atoms with Crippen LogP contribution in [0, 0.1) is 0 Å². The number of carbonyl (C=O) groups excluding carboxylic acids is 3. The van der Waals surface area contributed by atoms with Crippen LogP contribution in [0.25, 0.3) is 0 Å². The normalized spacial score (nSPS) is 45.0. The molecule has 0 radical (unpaired) electrons. The summed E-state index contributed by atoms with van der Waals surface area (Å²) < 4.78 is 51.2. The predicted molar refractivity (Wildman–Crippen MR) is 219 cm³/mol. The van der Waals surface area contributed by atoms with Gasteiger partial charge in [-0.3, -0.25) is 14.4 Å². The molecule has 0 bridgehead atoms. The third-order valence-corrected chi connectivity index (χ3v) is 12.5. The highest BCUT2D eigenvalue weighted by molar-refractivity contribution is 5.77. The highest BCUT2D eigenvalue weighted by Gasteiger charge is 2.61. The molecule has 0 aromatic heterocycles. The van der Waals surface area contributed by atoms with Gasteiger partial charge in [0.05, 0.1) is 45.2 Å². The summed E-state index contributed by atoms with van der Waals surface area (Å²) in [4.78, 5) is 49.7. The van der Waals surface area contributed by atoms with E-state index in [1.54, 1.807) is 0 Å². The number of aliphatic carboxylic acids is 1. The Morgan fingerprint density at radius 1 is 0.549 bits per heavy atom. The van der Waals surface area contributed by atoms with E-state index in [1.165, 1.54) is 0 Å². The third kappa shape index (κ3) is 12.9. The fourth-order valence-electron chi connectivity index (χ4n) is 8.94. The molecule has 0 unspecified atom stereocenters. The largest absolute Gasteiger partial charge is 0.477 e. The van der Waals surface area contributed by atoms with Crippen molar-refractivity contribution >= 4 is 23.7 Å². The van der Waals surface area contributed by atoms with Crippen molar-refractivity contribution in [3.05, 3.63) is 0 Å². The summed E-state index contributed by atoms with van der Waals surface area (Å²) in [6.07, 6.45) is -45.2. The van der Waals surface area contributed by atoms with Crippen molar-refractivity contribution in [2.75, 3.05) is 33.0 Å². The van der Waals surface area contributed by atoms with Crippen LogP contribution in [0.5, 0.6) is 0 Å². The van der Waals surface area contributed by atoms with Crippen molar-refractivity contribution < 1.29 is 144 Å². The number of carboxylic acids is 1. The molecule has 26 atom stereocenters. The maximum absolute atomic E-state index is 13.0. The fraction of sp³-hybridized carbons (Fsp3) is 0.897. The number of rotatable bonds is 19. The molecule has 0 aromatic rings. The second kappa shape index (κ2) is 25.0. The Morgan fingerprint density at radius 2 is 0.986 bits per heavy atom. The predicted octanol–water partition coefficient (Wildman–Crippen LogP) is -12.3. The number of hydrogen-bond acceptors (Lipinski definition) is 28. The summed E-state index contributed by atoms with van der Waals surface area (Å²) in [6, 6.07) is -5.04. The molecule has 5 aliphatic rings. The maximum Gasteiger partial charge on any atom is 0.364 e.